The maximum absolute atomic E-state index is 6.80. The smallest absolute Gasteiger partial charge is 0.399 e. The third-order valence-electron chi connectivity index (χ3n) is 12.2. The van der Waals surface area contributed by atoms with E-state index >= 15 is 0 Å². The van der Waals surface area contributed by atoms with Gasteiger partial charge in [0.2, 0.25) is 0 Å². The lowest BCUT2D eigenvalue weighted by atomic mass is 9.73. The molecule has 2 fully saturated rings. The van der Waals surface area contributed by atoms with Crippen molar-refractivity contribution in [3.8, 4) is 27.9 Å². The Morgan fingerprint density at radius 1 is 0.540 bits per heavy atom. The Kier molecular flexibility index (Phi) is 6.11. The van der Waals surface area contributed by atoms with Crippen LogP contribution in [0.3, 0.4) is 0 Å². The molecule has 0 spiro atoms. The topological polar surface area (TPSA) is 41.9 Å². The van der Waals surface area contributed by atoms with Crippen molar-refractivity contribution < 1.29 is 18.6 Å². The SMILES string of the molecule is CC1(C)OB(c2cc3c(c4sc5ccccc5c24)-c2ccc(B4OC(C)(C)C(C)(C)O4)c4c5ccccc5n(c24)-c2ccccc2-3)OC1(C)C. The number of hydrogen-bond donors (Lipinski definition) is 0. The van der Waals surface area contributed by atoms with Crippen LogP contribution in [0.25, 0.3) is 69.9 Å². The molecular formula is C42H39B2NO4S. The summed E-state index contributed by atoms with van der Waals surface area (Å²) in [6, 6.07) is 33.3. The molecule has 2 saturated heterocycles. The van der Waals surface area contributed by atoms with Crippen molar-refractivity contribution in [2.75, 3.05) is 0 Å². The Labute approximate surface area is 297 Å². The first kappa shape index (κ1) is 30.9. The third kappa shape index (κ3) is 3.94. The Balaban J connectivity index is 1.36. The van der Waals surface area contributed by atoms with Gasteiger partial charge in [-0.2, -0.15) is 0 Å². The first-order valence-corrected chi connectivity index (χ1v) is 18.5. The van der Waals surface area contributed by atoms with E-state index in [0.717, 1.165) is 22.1 Å². The predicted octanol–water partition coefficient (Wildman–Crippen LogP) is 9.40. The van der Waals surface area contributed by atoms with Crippen molar-refractivity contribution in [2.45, 2.75) is 77.8 Å². The van der Waals surface area contributed by atoms with Crippen LogP contribution in [0.4, 0.5) is 0 Å². The average molecular weight is 675 g/mol. The zero-order chi connectivity index (χ0) is 34.5. The van der Waals surface area contributed by atoms with Crippen molar-refractivity contribution in [1.82, 2.24) is 4.57 Å². The summed E-state index contributed by atoms with van der Waals surface area (Å²) >= 11 is 1.86. The van der Waals surface area contributed by atoms with Crippen LogP contribution in [0.1, 0.15) is 55.4 Å². The zero-order valence-electron chi connectivity index (χ0n) is 29.8. The number of fused-ring (bicyclic) bond motifs is 12. The van der Waals surface area contributed by atoms with Crippen LogP contribution in [0.5, 0.6) is 0 Å². The van der Waals surface area contributed by atoms with E-state index in [0.29, 0.717) is 0 Å². The molecule has 0 saturated carbocycles. The molecule has 5 heterocycles. The Morgan fingerprint density at radius 2 is 1.12 bits per heavy atom. The maximum Gasteiger partial charge on any atom is 0.495 e. The number of para-hydroxylation sites is 2. The Morgan fingerprint density at radius 3 is 1.82 bits per heavy atom. The second-order valence-electron chi connectivity index (χ2n) is 16.2. The molecule has 5 nitrogen and oxygen atoms in total. The van der Waals surface area contributed by atoms with Gasteiger partial charge in [0, 0.05) is 42.2 Å². The molecule has 248 valence electrons. The number of hydrogen-bond acceptors (Lipinski definition) is 5. The first-order chi connectivity index (χ1) is 23.8. The molecule has 10 rings (SSSR count). The summed E-state index contributed by atoms with van der Waals surface area (Å²) in [5.74, 6) is 0. The molecule has 2 aromatic heterocycles. The molecule has 0 atom stereocenters. The number of thiophene rings is 1. The second-order valence-corrected chi connectivity index (χ2v) is 17.2. The van der Waals surface area contributed by atoms with Crippen LogP contribution in [0.15, 0.2) is 91.0 Å². The fourth-order valence-electron chi connectivity index (χ4n) is 8.20. The first-order valence-electron chi connectivity index (χ1n) is 17.6. The predicted molar refractivity (Wildman–Crippen MR) is 210 cm³/mol. The van der Waals surface area contributed by atoms with E-state index in [9.17, 15) is 0 Å². The van der Waals surface area contributed by atoms with Gasteiger partial charge in [-0.1, -0.05) is 72.8 Å². The molecule has 5 aromatic carbocycles. The third-order valence-corrected chi connectivity index (χ3v) is 13.4. The van der Waals surface area contributed by atoms with Gasteiger partial charge in [-0.15, -0.1) is 11.3 Å². The van der Waals surface area contributed by atoms with E-state index in [4.69, 9.17) is 18.6 Å². The summed E-state index contributed by atoms with van der Waals surface area (Å²) in [6.07, 6.45) is 0. The van der Waals surface area contributed by atoms with E-state index in [1.165, 1.54) is 58.7 Å². The number of rotatable bonds is 2. The highest BCUT2D eigenvalue weighted by atomic mass is 32.1. The maximum atomic E-state index is 6.80. The van der Waals surface area contributed by atoms with Crippen LogP contribution in [-0.2, 0) is 18.6 Å². The molecule has 0 amide bonds. The van der Waals surface area contributed by atoms with Crippen molar-refractivity contribution in [3.63, 3.8) is 0 Å². The highest BCUT2D eigenvalue weighted by molar-refractivity contribution is 7.26. The van der Waals surface area contributed by atoms with E-state index in [1.807, 2.05) is 11.3 Å². The lowest BCUT2D eigenvalue weighted by molar-refractivity contribution is 0.00578. The highest BCUT2D eigenvalue weighted by Crippen LogP contribution is 2.52. The average Bonchev–Trinajstić information content (AvgIpc) is 3.72. The quantitative estimate of drug-likeness (QED) is 0.171. The fraction of sp³-hybridized carbons (Fsp3) is 0.286. The standard InChI is InChI=1S/C42H39B2NO4S/c1-39(2)40(3,4)47-43(46-39)29-22-21-27-34-28(24-15-9-12-18-31(24)45-32-19-13-10-16-25(32)35(29)37(27)45)23-30(44-48-41(5,6)42(7,8)49-44)36-26-17-11-14-20-33(26)50-38(34)36/h9-23H,1-8H3. The highest BCUT2D eigenvalue weighted by Gasteiger charge is 2.54. The Bertz CT molecular complexity index is 2560. The van der Waals surface area contributed by atoms with Crippen LogP contribution in [0, 0.1) is 0 Å². The van der Waals surface area contributed by atoms with Gasteiger partial charge in [0.1, 0.15) is 0 Å². The van der Waals surface area contributed by atoms with E-state index in [1.54, 1.807) is 0 Å². The van der Waals surface area contributed by atoms with E-state index in [2.05, 4.69) is 151 Å². The number of benzene rings is 5. The van der Waals surface area contributed by atoms with Gasteiger partial charge in [0.25, 0.3) is 0 Å². The molecule has 3 aliphatic rings. The molecular weight excluding hydrogens is 636 g/mol. The van der Waals surface area contributed by atoms with Crippen molar-refractivity contribution in [1.29, 1.82) is 0 Å². The van der Waals surface area contributed by atoms with Crippen molar-refractivity contribution in [2.24, 2.45) is 0 Å². The van der Waals surface area contributed by atoms with Gasteiger partial charge in [-0.25, -0.2) is 0 Å². The zero-order valence-corrected chi connectivity index (χ0v) is 30.6. The molecule has 0 aliphatic carbocycles. The Hall–Kier alpha value is -3.91. The van der Waals surface area contributed by atoms with Crippen molar-refractivity contribution >= 4 is 78.5 Å². The summed E-state index contributed by atoms with van der Waals surface area (Å²) in [5.41, 5.74) is 8.55. The monoisotopic (exact) mass is 675 g/mol. The summed E-state index contributed by atoms with van der Waals surface area (Å²) in [6.45, 7) is 17.0. The summed E-state index contributed by atoms with van der Waals surface area (Å²) in [5, 5.41) is 4.79. The van der Waals surface area contributed by atoms with Gasteiger partial charge in [-0.05, 0) is 95.5 Å². The van der Waals surface area contributed by atoms with Gasteiger partial charge >= 0.3 is 14.2 Å². The van der Waals surface area contributed by atoms with Crippen molar-refractivity contribution in [3.05, 3.63) is 91.0 Å². The minimum atomic E-state index is -0.508. The molecule has 0 unspecified atom stereocenters. The normalized spacial score (nSPS) is 19.8. The number of nitrogens with zero attached hydrogens (tertiary/aromatic N) is 1. The van der Waals surface area contributed by atoms with Gasteiger partial charge in [0.15, 0.2) is 0 Å². The summed E-state index contributed by atoms with van der Waals surface area (Å²) in [7, 11) is -1.01. The molecule has 7 aromatic rings. The van der Waals surface area contributed by atoms with Crippen LogP contribution in [0.2, 0.25) is 0 Å². The lowest BCUT2D eigenvalue weighted by Crippen LogP contribution is -2.41. The molecule has 50 heavy (non-hydrogen) atoms. The summed E-state index contributed by atoms with van der Waals surface area (Å²) in [4.78, 5) is 0. The summed E-state index contributed by atoms with van der Waals surface area (Å²) < 4.78 is 32.0. The second kappa shape index (κ2) is 9.90. The minimum absolute atomic E-state index is 0.457. The largest absolute Gasteiger partial charge is 0.495 e. The fourth-order valence-corrected chi connectivity index (χ4v) is 9.50. The molecule has 0 radical (unpaired) electrons. The molecule has 3 aliphatic heterocycles. The van der Waals surface area contributed by atoms with Gasteiger partial charge < -0.3 is 23.2 Å². The molecule has 0 N–H and O–H groups in total. The van der Waals surface area contributed by atoms with Crippen LogP contribution >= 0.6 is 11.3 Å². The van der Waals surface area contributed by atoms with Gasteiger partial charge in [-0.3, -0.25) is 0 Å². The molecule has 0 bridgehead atoms. The van der Waals surface area contributed by atoms with Crippen LogP contribution in [-0.4, -0.2) is 41.2 Å². The van der Waals surface area contributed by atoms with Crippen LogP contribution < -0.4 is 10.9 Å². The lowest BCUT2D eigenvalue weighted by Gasteiger charge is -2.32. The molecule has 8 heteroatoms. The van der Waals surface area contributed by atoms with E-state index < -0.39 is 36.6 Å². The van der Waals surface area contributed by atoms with Gasteiger partial charge in [0.05, 0.1) is 39.1 Å². The van der Waals surface area contributed by atoms with E-state index in [-0.39, 0.29) is 0 Å². The minimum Gasteiger partial charge on any atom is -0.399 e. The number of aromatic nitrogens is 1.